The summed E-state index contributed by atoms with van der Waals surface area (Å²) in [7, 11) is 1.95. The Morgan fingerprint density at radius 3 is 3.00 bits per heavy atom. The molecule has 1 aromatic rings. The molecule has 1 N–H and O–H groups in total. The number of aromatic amines is 1. The summed E-state index contributed by atoms with van der Waals surface area (Å²) in [6, 6.07) is 0. The van der Waals surface area contributed by atoms with Crippen LogP contribution >= 0.6 is 12.2 Å². The van der Waals surface area contributed by atoms with E-state index in [1.807, 2.05) is 11.9 Å². The van der Waals surface area contributed by atoms with Gasteiger partial charge in [0.2, 0.25) is 0 Å². The van der Waals surface area contributed by atoms with Crippen LogP contribution in [0.5, 0.6) is 0 Å². The molecule has 0 unspecified atom stereocenters. The van der Waals surface area contributed by atoms with Crippen LogP contribution in [0.2, 0.25) is 0 Å². The lowest BCUT2D eigenvalue weighted by atomic mass is 10.5. The third-order valence-corrected chi connectivity index (χ3v) is 2.03. The third kappa shape index (κ3) is 1.77. The van der Waals surface area contributed by atoms with Crippen molar-refractivity contribution in [2.24, 2.45) is 0 Å². The standard InChI is InChI=1S/C7H11N3S/c1-3-10(2)7(11)6-8-4-5-9-6/h4-5H,3H2,1-2H3,(H,8,9). The zero-order valence-corrected chi connectivity index (χ0v) is 7.48. The van der Waals surface area contributed by atoms with Crippen molar-refractivity contribution in [3.63, 3.8) is 0 Å². The van der Waals surface area contributed by atoms with Crippen molar-refractivity contribution >= 4 is 17.2 Å². The first-order chi connectivity index (χ1) is 5.25. The molecular formula is C7H11N3S. The van der Waals surface area contributed by atoms with Gasteiger partial charge in [0.05, 0.1) is 0 Å². The predicted octanol–water partition coefficient (Wildman–Crippen LogP) is 1.04. The third-order valence-electron chi connectivity index (χ3n) is 1.52. The van der Waals surface area contributed by atoms with Crippen LogP contribution in [-0.4, -0.2) is 33.4 Å². The Morgan fingerprint density at radius 2 is 2.55 bits per heavy atom. The van der Waals surface area contributed by atoms with Crippen molar-refractivity contribution < 1.29 is 0 Å². The summed E-state index contributed by atoms with van der Waals surface area (Å²) >= 11 is 5.13. The minimum atomic E-state index is 0.762. The quantitative estimate of drug-likeness (QED) is 0.671. The van der Waals surface area contributed by atoms with Gasteiger partial charge in [0.15, 0.2) is 5.82 Å². The summed E-state index contributed by atoms with van der Waals surface area (Å²) in [5, 5.41) is 0. The maximum absolute atomic E-state index is 5.13. The molecule has 0 aromatic carbocycles. The van der Waals surface area contributed by atoms with Gasteiger partial charge < -0.3 is 9.88 Å². The van der Waals surface area contributed by atoms with Gasteiger partial charge in [-0.05, 0) is 6.92 Å². The SMILES string of the molecule is CCN(C)C(=S)c1ncc[nH]1. The van der Waals surface area contributed by atoms with Gasteiger partial charge in [-0.1, -0.05) is 12.2 Å². The molecule has 0 saturated heterocycles. The maximum Gasteiger partial charge on any atom is 0.165 e. The van der Waals surface area contributed by atoms with Gasteiger partial charge in [-0.15, -0.1) is 0 Å². The fourth-order valence-electron chi connectivity index (χ4n) is 0.707. The lowest BCUT2D eigenvalue weighted by Crippen LogP contribution is -2.26. The summed E-state index contributed by atoms with van der Waals surface area (Å²) in [4.78, 5) is 9.73. The van der Waals surface area contributed by atoms with E-state index in [0.717, 1.165) is 17.4 Å². The van der Waals surface area contributed by atoms with E-state index >= 15 is 0 Å². The normalized spacial score (nSPS) is 9.64. The number of nitrogens with zero attached hydrogens (tertiary/aromatic N) is 2. The summed E-state index contributed by atoms with van der Waals surface area (Å²) in [5.74, 6) is 0.768. The van der Waals surface area contributed by atoms with Gasteiger partial charge >= 0.3 is 0 Å². The molecule has 1 heterocycles. The minimum Gasteiger partial charge on any atom is -0.363 e. The number of imidazole rings is 1. The molecule has 0 atom stereocenters. The summed E-state index contributed by atoms with van der Waals surface area (Å²) in [6.07, 6.45) is 3.47. The van der Waals surface area contributed by atoms with Crippen molar-refractivity contribution in [3.8, 4) is 0 Å². The van der Waals surface area contributed by atoms with Gasteiger partial charge in [0.25, 0.3) is 0 Å². The number of aromatic nitrogens is 2. The molecule has 11 heavy (non-hydrogen) atoms. The van der Waals surface area contributed by atoms with Crippen LogP contribution < -0.4 is 0 Å². The zero-order valence-electron chi connectivity index (χ0n) is 6.66. The highest BCUT2D eigenvalue weighted by molar-refractivity contribution is 7.80. The molecule has 60 valence electrons. The first-order valence-corrected chi connectivity index (χ1v) is 3.91. The van der Waals surface area contributed by atoms with Crippen LogP contribution in [0.15, 0.2) is 12.4 Å². The fourth-order valence-corrected chi connectivity index (χ4v) is 0.947. The summed E-state index contributed by atoms with van der Waals surface area (Å²) in [5.41, 5.74) is 0. The van der Waals surface area contributed by atoms with Crippen molar-refractivity contribution in [3.05, 3.63) is 18.2 Å². The largest absolute Gasteiger partial charge is 0.363 e. The molecule has 3 nitrogen and oxygen atoms in total. The molecule has 0 bridgehead atoms. The number of rotatable bonds is 2. The Kier molecular flexibility index (Phi) is 2.59. The predicted molar refractivity (Wildman–Crippen MR) is 48.6 cm³/mol. The molecule has 0 aliphatic heterocycles. The van der Waals surface area contributed by atoms with E-state index < -0.39 is 0 Å². The summed E-state index contributed by atoms with van der Waals surface area (Å²) in [6.45, 7) is 2.95. The highest BCUT2D eigenvalue weighted by atomic mass is 32.1. The molecule has 0 fully saturated rings. The smallest absolute Gasteiger partial charge is 0.165 e. The van der Waals surface area contributed by atoms with E-state index in [1.165, 1.54) is 0 Å². The number of H-pyrrole nitrogens is 1. The van der Waals surface area contributed by atoms with Crippen LogP contribution in [-0.2, 0) is 0 Å². The lowest BCUT2D eigenvalue weighted by molar-refractivity contribution is 0.543. The highest BCUT2D eigenvalue weighted by Crippen LogP contribution is 1.96. The van der Waals surface area contributed by atoms with Crippen LogP contribution in [0, 0.1) is 0 Å². The molecule has 1 aromatic heterocycles. The number of hydrogen-bond donors (Lipinski definition) is 1. The molecule has 0 spiro atoms. The van der Waals surface area contributed by atoms with Crippen molar-refractivity contribution in [2.75, 3.05) is 13.6 Å². The molecule has 0 radical (unpaired) electrons. The Labute approximate surface area is 71.4 Å². The monoisotopic (exact) mass is 169 g/mol. The zero-order chi connectivity index (χ0) is 8.27. The van der Waals surface area contributed by atoms with Gasteiger partial charge in [-0.3, -0.25) is 0 Å². The van der Waals surface area contributed by atoms with E-state index in [1.54, 1.807) is 12.4 Å². The Morgan fingerprint density at radius 1 is 1.82 bits per heavy atom. The molecule has 0 saturated carbocycles. The first kappa shape index (κ1) is 8.20. The van der Waals surface area contributed by atoms with Crippen LogP contribution in [0.4, 0.5) is 0 Å². The molecule has 4 heteroatoms. The lowest BCUT2D eigenvalue weighted by Gasteiger charge is -2.14. The van der Waals surface area contributed by atoms with Gasteiger partial charge in [0.1, 0.15) is 4.99 Å². The Bertz CT molecular complexity index is 230. The molecule has 0 aliphatic carbocycles. The highest BCUT2D eigenvalue weighted by Gasteiger charge is 2.05. The fraction of sp³-hybridized carbons (Fsp3) is 0.429. The first-order valence-electron chi connectivity index (χ1n) is 3.50. The summed E-state index contributed by atoms with van der Waals surface area (Å²) < 4.78 is 0. The maximum atomic E-state index is 5.13. The minimum absolute atomic E-state index is 0.762. The average molecular weight is 169 g/mol. The van der Waals surface area contributed by atoms with E-state index in [2.05, 4.69) is 16.9 Å². The second-order valence-electron chi connectivity index (χ2n) is 2.26. The Balaban J connectivity index is 2.70. The van der Waals surface area contributed by atoms with E-state index in [-0.39, 0.29) is 0 Å². The van der Waals surface area contributed by atoms with Crippen LogP contribution in [0.1, 0.15) is 12.7 Å². The molecule has 1 rings (SSSR count). The van der Waals surface area contributed by atoms with Gasteiger partial charge in [-0.2, -0.15) is 0 Å². The van der Waals surface area contributed by atoms with E-state index in [9.17, 15) is 0 Å². The van der Waals surface area contributed by atoms with Gasteiger partial charge in [-0.25, -0.2) is 4.98 Å². The van der Waals surface area contributed by atoms with E-state index in [0.29, 0.717) is 0 Å². The molecule has 0 amide bonds. The number of hydrogen-bond acceptors (Lipinski definition) is 2. The number of nitrogens with one attached hydrogen (secondary N) is 1. The van der Waals surface area contributed by atoms with Crippen molar-refractivity contribution in [1.82, 2.24) is 14.9 Å². The topological polar surface area (TPSA) is 31.9 Å². The van der Waals surface area contributed by atoms with Crippen molar-refractivity contribution in [1.29, 1.82) is 0 Å². The Hall–Kier alpha value is -0.900. The molecule has 0 aliphatic rings. The molecular weight excluding hydrogens is 158 g/mol. The van der Waals surface area contributed by atoms with Crippen LogP contribution in [0.25, 0.3) is 0 Å². The van der Waals surface area contributed by atoms with Crippen LogP contribution in [0.3, 0.4) is 0 Å². The number of thiocarbonyl (C=S) groups is 1. The van der Waals surface area contributed by atoms with Crippen molar-refractivity contribution in [2.45, 2.75) is 6.92 Å². The van der Waals surface area contributed by atoms with Gasteiger partial charge in [0, 0.05) is 26.0 Å². The second kappa shape index (κ2) is 3.48. The average Bonchev–Trinajstić information content (AvgIpc) is 2.53. The second-order valence-corrected chi connectivity index (χ2v) is 2.64. The van der Waals surface area contributed by atoms with E-state index in [4.69, 9.17) is 12.2 Å².